The molecule has 2 N–H and O–H groups in total. The van der Waals surface area contributed by atoms with Crippen LogP contribution in [0.1, 0.15) is 71.3 Å². The fourth-order valence-corrected chi connectivity index (χ4v) is 8.97. The third-order valence-electron chi connectivity index (χ3n) is 11.3. The molecule has 0 bridgehead atoms. The number of benzene rings is 1. The van der Waals surface area contributed by atoms with E-state index in [1.807, 2.05) is 0 Å². The molecule has 0 aliphatic heterocycles. The Morgan fingerprint density at radius 3 is 2.48 bits per heavy atom. The molecule has 0 heterocycles. The van der Waals surface area contributed by atoms with Gasteiger partial charge in [0.1, 0.15) is 6.61 Å². The van der Waals surface area contributed by atoms with Gasteiger partial charge in [0.15, 0.2) is 29.2 Å². The number of Topliss-reactive ketones (excluding diaryl/α,β-unsaturated/α-hetero) is 1. The number of ketones is 1. The van der Waals surface area contributed by atoms with Crippen LogP contribution in [0.5, 0.6) is 11.5 Å². The number of fused-ring (bicyclic) bond motifs is 5. The molecule has 5 rings (SSSR count). The summed E-state index contributed by atoms with van der Waals surface area (Å²) in [6.45, 7) is 10.2. The number of aliphatic hydroxyl groups excluding tert-OH is 1. The number of unbranched alkanes of at least 4 members (excludes halogenated alkanes) is 1. The zero-order valence-corrected chi connectivity index (χ0v) is 31.3. The van der Waals surface area contributed by atoms with Gasteiger partial charge in [0.25, 0.3) is 0 Å². The first-order valence-electron chi connectivity index (χ1n) is 18.2. The predicted octanol–water partition coefficient (Wildman–Crippen LogP) is 7.40. The van der Waals surface area contributed by atoms with Crippen LogP contribution in [0.2, 0.25) is 0 Å². The van der Waals surface area contributed by atoms with Crippen molar-refractivity contribution < 1.29 is 57.9 Å². The average Bonchev–Trinajstić information content (AvgIpc) is 3.48. The van der Waals surface area contributed by atoms with Crippen LogP contribution in [0.4, 0.5) is 9.59 Å². The number of carboxylic acid groups (broad SMARTS) is 1. The Balaban J connectivity index is 0.000001000. The molecule has 14 heteroatoms. The maximum absolute atomic E-state index is 13.5. The molecule has 3 fully saturated rings. The first kappa shape index (κ1) is 41.8. The zero-order valence-electron chi connectivity index (χ0n) is 31.3. The van der Waals surface area contributed by atoms with E-state index >= 15 is 0 Å². The Labute approximate surface area is 315 Å². The molecule has 4 aliphatic rings. The summed E-state index contributed by atoms with van der Waals surface area (Å²) < 4.78 is 25.1. The molecule has 0 saturated heterocycles. The Morgan fingerprint density at radius 1 is 1.04 bits per heavy atom. The third-order valence-corrected chi connectivity index (χ3v) is 11.3. The minimum atomic E-state index is -1.21. The monoisotopic (exact) mass is 753 g/mol. The lowest BCUT2D eigenvalue weighted by atomic mass is 9.46. The van der Waals surface area contributed by atoms with E-state index in [1.165, 1.54) is 30.9 Å². The highest BCUT2D eigenvalue weighted by atomic mass is 16.7. The smallest absolute Gasteiger partial charge is 0.493 e. The second-order valence-electron chi connectivity index (χ2n) is 14.4. The Kier molecular flexibility index (Phi) is 14.6. The summed E-state index contributed by atoms with van der Waals surface area (Å²) in [5.41, 5.74) is 2.33. The first-order chi connectivity index (χ1) is 25.8. The van der Waals surface area contributed by atoms with Gasteiger partial charge in [-0.15, -0.1) is 4.91 Å². The highest BCUT2D eigenvalue weighted by Crippen LogP contribution is 2.66. The number of hydrogen-bond acceptors (Lipinski definition) is 13. The van der Waals surface area contributed by atoms with Crippen LogP contribution in [0, 0.1) is 39.4 Å². The van der Waals surface area contributed by atoms with E-state index in [0.717, 1.165) is 24.8 Å². The number of aliphatic hydroxyl groups is 1. The highest BCUT2D eigenvalue weighted by Gasteiger charge is 2.62. The maximum Gasteiger partial charge on any atom is 0.514 e. The molecule has 0 spiro atoms. The second-order valence-corrected chi connectivity index (χ2v) is 14.4. The number of esters is 1. The van der Waals surface area contributed by atoms with Gasteiger partial charge in [-0.2, -0.15) is 0 Å². The van der Waals surface area contributed by atoms with Crippen LogP contribution in [0.25, 0.3) is 6.08 Å². The molecule has 294 valence electrons. The summed E-state index contributed by atoms with van der Waals surface area (Å²) in [5, 5.41) is 21.6. The molecule has 1 aromatic rings. The van der Waals surface area contributed by atoms with Crippen LogP contribution in [-0.2, 0) is 28.6 Å². The van der Waals surface area contributed by atoms with Crippen molar-refractivity contribution in [2.45, 2.75) is 71.8 Å². The van der Waals surface area contributed by atoms with E-state index in [-0.39, 0.29) is 59.8 Å². The lowest BCUT2D eigenvalue weighted by molar-refractivity contribution is -0.141. The molecular weight excluding hydrogens is 702 g/mol. The van der Waals surface area contributed by atoms with Crippen LogP contribution < -0.4 is 9.47 Å². The van der Waals surface area contributed by atoms with Gasteiger partial charge < -0.3 is 38.7 Å². The van der Waals surface area contributed by atoms with E-state index < -0.39 is 31.0 Å². The van der Waals surface area contributed by atoms with E-state index in [2.05, 4.69) is 53.6 Å². The quantitative estimate of drug-likeness (QED) is 0.0363. The average molecular weight is 754 g/mol. The fraction of sp³-hybridized carbons (Fsp3) is 0.550. The molecule has 4 aliphatic carbocycles. The number of methoxy groups -OCH3 is 1. The summed E-state index contributed by atoms with van der Waals surface area (Å²) in [6.07, 6.45) is 11.6. The molecule has 7 unspecified atom stereocenters. The number of rotatable bonds is 14. The van der Waals surface area contributed by atoms with Crippen molar-refractivity contribution in [3.8, 4) is 11.5 Å². The summed E-state index contributed by atoms with van der Waals surface area (Å²) in [6, 6.07) is 4.69. The van der Waals surface area contributed by atoms with Crippen molar-refractivity contribution in [1.29, 1.82) is 0 Å². The van der Waals surface area contributed by atoms with Gasteiger partial charge in [0.05, 0.1) is 26.4 Å². The van der Waals surface area contributed by atoms with Crippen molar-refractivity contribution in [1.82, 2.24) is 0 Å². The Bertz CT molecular complexity index is 1650. The molecule has 0 amide bonds. The van der Waals surface area contributed by atoms with Crippen LogP contribution >= 0.6 is 0 Å². The number of hydrogen-bond donors (Lipinski definition) is 2. The minimum Gasteiger partial charge on any atom is -0.493 e. The molecular formula is C40H51NO13. The van der Waals surface area contributed by atoms with Gasteiger partial charge in [0, 0.05) is 23.3 Å². The standard InChI is InChI=1S/C37H45NO10.C3H6O3/c1-23-15-16-36(2)25(19-23)9-10-26-27-11-12-28(37(27,3)21-29(39)34(26)36)30(40)22-46-35(42)48-31-13-7-24(20-32(31)44-4)8-14-33(41)45-17-5-6-18-47-38-43;1-2-6-3(4)5/h7-8,13-16,19-20,26-29,34,39H,1,5-6,9-12,17-18,21-22H2,2-4H3;2H2,1H3,(H,4,5)/b14-8+;. The number of ether oxygens (including phenoxy) is 5. The summed E-state index contributed by atoms with van der Waals surface area (Å²) in [7, 11) is 1.41. The summed E-state index contributed by atoms with van der Waals surface area (Å²) in [5.74, 6) is -0.0153. The van der Waals surface area contributed by atoms with Crippen LogP contribution in [0.15, 0.2) is 65.6 Å². The highest BCUT2D eigenvalue weighted by molar-refractivity contribution is 5.87. The normalized spacial score (nSPS) is 27.8. The van der Waals surface area contributed by atoms with E-state index in [9.17, 15) is 29.2 Å². The van der Waals surface area contributed by atoms with Crippen molar-refractivity contribution in [3.05, 3.63) is 70.7 Å². The zero-order chi connectivity index (χ0) is 39.5. The SMILES string of the molecule is C=C1C=CC2(C)C(=C1)CCC1C2C(O)CC2(C)C(C(=O)COC(=O)Oc3ccc(/C=C/C(=O)OCCCCON=O)cc3OC)CCC12.CCOC(=O)O. The maximum atomic E-state index is 13.5. The van der Waals surface area contributed by atoms with Gasteiger partial charge in [-0.3, -0.25) is 4.79 Å². The largest absolute Gasteiger partial charge is 0.514 e. The molecule has 7 atom stereocenters. The number of allylic oxidation sites excluding steroid dienone is 5. The summed E-state index contributed by atoms with van der Waals surface area (Å²) in [4.78, 5) is 61.8. The molecule has 14 nitrogen and oxygen atoms in total. The van der Waals surface area contributed by atoms with Gasteiger partial charge in [-0.25, -0.2) is 14.4 Å². The lowest BCUT2D eigenvalue weighted by Gasteiger charge is -2.58. The second kappa shape index (κ2) is 18.9. The lowest BCUT2D eigenvalue weighted by Crippen LogP contribution is -2.56. The predicted molar refractivity (Wildman–Crippen MR) is 196 cm³/mol. The molecule has 0 radical (unpaired) electrons. The van der Waals surface area contributed by atoms with Gasteiger partial charge >= 0.3 is 18.3 Å². The van der Waals surface area contributed by atoms with E-state index in [0.29, 0.717) is 43.1 Å². The van der Waals surface area contributed by atoms with Crippen LogP contribution in [-0.4, -0.2) is 73.9 Å². The Morgan fingerprint density at radius 2 is 1.80 bits per heavy atom. The van der Waals surface area contributed by atoms with Crippen molar-refractivity contribution in [2.75, 3.05) is 33.5 Å². The molecule has 54 heavy (non-hydrogen) atoms. The topological polar surface area (TPSA) is 194 Å². The van der Waals surface area contributed by atoms with E-state index in [1.54, 1.807) is 19.1 Å². The van der Waals surface area contributed by atoms with Gasteiger partial charge in [-0.1, -0.05) is 50.3 Å². The van der Waals surface area contributed by atoms with Crippen molar-refractivity contribution in [3.63, 3.8) is 0 Å². The summed E-state index contributed by atoms with van der Waals surface area (Å²) >= 11 is 0. The number of carbonyl (C=O) groups excluding carboxylic acids is 3. The minimum absolute atomic E-state index is 0.0928. The van der Waals surface area contributed by atoms with Crippen molar-refractivity contribution in [2.24, 2.45) is 39.8 Å². The number of nitrogens with zero attached hydrogens (tertiary/aromatic N) is 1. The van der Waals surface area contributed by atoms with Gasteiger partial charge in [-0.05, 0) is 98.5 Å². The molecule has 1 aromatic carbocycles. The van der Waals surface area contributed by atoms with Crippen LogP contribution in [0.3, 0.4) is 0 Å². The van der Waals surface area contributed by atoms with Crippen molar-refractivity contribution >= 4 is 30.1 Å². The fourth-order valence-electron chi connectivity index (χ4n) is 8.97. The molecule has 0 aromatic heterocycles. The number of carbonyl (C=O) groups is 4. The Hall–Kier alpha value is -4.98. The van der Waals surface area contributed by atoms with E-state index in [4.69, 9.17) is 24.1 Å². The molecule has 3 saturated carbocycles. The van der Waals surface area contributed by atoms with Gasteiger partial charge in [0.2, 0.25) is 0 Å². The first-order valence-corrected chi connectivity index (χ1v) is 18.2. The third kappa shape index (κ3) is 9.95.